The van der Waals surface area contributed by atoms with Crippen molar-refractivity contribution in [3.05, 3.63) is 0 Å². The molecular weight excluding hydrogens is 186 g/mol. The van der Waals surface area contributed by atoms with Crippen LogP contribution in [0.5, 0.6) is 0 Å². The van der Waals surface area contributed by atoms with Crippen LogP contribution in [0.2, 0.25) is 0 Å². The Kier molecular flexibility index (Phi) is 1.62. The van der Waals surface area contributed by atoms with E-state index in [4.69, 9.17) is 10.2 Å². The number of aliphatic hydroxyl groups is 1. The number of aliphatic hydroxyl groups excluding tert-OH is 1. The zero-order valence-electron chi connectivity index (χ0n) is 6.48. The molecule has 0 radical (unpaired) electrons. The molecule has 1 aliphatic carbocycles. The number of carboxylic acid groups (broad SMARTS) is 1. The number of fused-ring (bicyclic) bond motifs is 1. The summed E-state index contributed by atoms with van der Waals surface area (Å²) in [7, 11) is 0. The smallest absolute Gasteiger partial charge is 0.303 e. The second-order valence-electron chi connectivity index (χ2n) is 3.40. The van der Waals surface area contributed by atoms with Crippen LogP contribution in [-0.2, 0) is 9.53 Å². The Bertz CT molecular complexity index is 255. The van der Waals surface area contributed by atoms with Crippen LogP contribution in [0.25, 0.3) is 0 Å². The van der Waals surface area contributed by atoms with Crippen molar-refractivity contribution in [2.24, 2.45) is 5.92 Å². The molecule has 0 bridgehead atoms. The molecule has 4 nitrogen and oxygen atoms in total. The fourth-order valence-corrected chi connectivity index (χ4v) is 1.82. The fraction of sp³-hybridized carbons (Fsp3) is 0.857. The number of halogens is 2. The Morgan fingerprint density at radius 3 is 2.54 bits per heavy atom. The van der Waals surface area contributed by atoms with Crippen molar-refractivity contribution in [2.75, 3.05) is 0 Å². The minimum absolute atomic E-state index is 0.474. The largest absolute Gasteiger partial charge is 0.481 e. The topological polar surface area (TPSA) is 70.1 Å². The van der Waals surface area contributed by atoms with E-state index in [0.717, 1.165) is 0 Å². The molecular formula is C7H8F2O4. The van der Waals surface area contributed by atoms with E-state index < -0.39 is 42.5 Å². The van der Waals surface area contributed by atoms with Crippen molar-refractivity contribution in [3.63, 3.8) is 0 Å². The zero-order valence-corrected chi connectivity index (χ0v) is 6.48. The molecule has 1 saturated heterocycles. The molecule has 0 aromatic carbocycles. The van der Waals surface area contributed by atoms with Crippen LogP contribution in [0.1, 0.15) is 6.42 Å². The van der Waals surface area contributed by atoms with Gasteiger partial charge in [0.25, 0.3) is 0 Å². The monoisotopic (exact) mass is 194 g/mol. The van der Waals surface area contributed by atoms with Crippen molar-refractivity contribution < 1.29 is 28.5 Å². The van der Waals surface area contributed by atoms with Crippen molar-refractivity contribution in [1.82, 2.24) is 0 Å². The number of hydrogen-bond donors (Lipinski definition) is 2. The second-order valence-corrected chi connectivity index (χ2v) is 3.40. The highest BCUT2D eigenvalue weighted by Crippen LogP contribution is 2.53. The van der Waals surface area contributed by atoms with Crippen LogP contribution in [0.15, 0.2) is 0 Å². The van der Waals surface area contributed by atoms with E-state index in [2.05, 4.69) is 4.74 Å². The summed E-state index contributed by atoms with van der Waals surface area (Å²) in [5, 5.41) is 17.5. The minimum Gasteiger partial charge on any atom is -0.481 e. The lowest BCUT2D eigenvalue weighted by Gasteiger charge is -2.20. The molecule has 74 valence electrons. The predicted octanol–water partition coefficient (Wildman–Crippen LogP) is -0.146. The average Bonchev–Trinajstić information content (AvgIpc) is 2.73. The summed E-state index contributed by atoms with van der Waals surface area (Å²) < 4.78 is 30.4. The fourth-order valence-electron chi connectivity index (χ4n) is 1.82. The van der Waals surface area contributed by atoms with Gasteiger partial charge >= 0.3 is 11.9 Å². The van der Waals surface area contributed by atoms with Crippen LogP contribution in [0, 0.1) is 5.92 Å². The minimum atomic E-state index is -3.29. The number of hydrogen-bond acceptors (Lipinski definition) is 3. The van der Waals surface area contributed by atoms with Crippen molar-refractivity contribution in [1.29, 1.82) is 0 Å². The molecule has 0 aromatic rings. The van der Waals surface area contributed by atoms with Crippen LogP contribution in [-0.4, -0.2) is 40.4 Å². The van der Waals surface area contributed by atoms with Crippen molar-refractivity contribution in [2.45, 2.75) is 30.7 Å². The van der Waals surface area contributed by atoms with Crippen LogP contribution < -0.4 is 0 Å². The first-order valence-corrected chi connectivity index (χ1v) is 3.87. The highest BCUT2D eigenvalue weighted by Gasteiger charge is 2.72. The molecule has 0 aromatic heterocycles. The Labute approximate surface area is 72.1 Å². The van der Waals surface area contributed by atoms with E-state index in [9.17, 15) is 13.6 Å². The molecule has 1 saturated carbocycles. The number of aliphatic carboxylic acids is 1. The Morgan fingerprint density at radius 1 is 1.54 bits per heavy atom. The lowest BCUT2D eigenvalue weighted by atomic mass is 10.0. The van der Waals surface area contributed by atoms with Gasteiger partial charge in [0.2, 0.25) is 0 Å². The summed E-state index contributed by atoms with van der Waals surface area (Å²) in [6.45, 7) is 0. The summed E-state index contributed by atoms with van der Waals surface area (Å²) in [6, 6.07) is 0. The first-order valence-electron chi connectivity index (χ1n) is 3.87. The molecule has 1 heterocycles. The van der Waals surface area contributed by atoms with Gasteiger partial charge < -0.3 is 14.9 Å². The molecule has 2 N–H and O–H groups in total. The van der Waals surface area contributed by atoms with Gasteiger partial charge in [-0.25, -0.2) is 8.78 Å². The molecule has 2 aliphatic rings. The SMILES string of the molecule is O=C(O)C[C@@H]1[C@@H]2O[C@@H]2C(F)(F)[C@@H]1O. The quantitative estimate of drug-likeness (QED) is 0.600. The van der Waals surface area contributed by atoms with Gasteiger partial charge in [-0.15, -0.1) is 0 Å². The van der Waals surface area contributed by atoms with E-state index in [1.165, 1.54) is 0 Å². The molecule has 0 spiro atoms. The first kappa shape index (κ1) is 8.83. The lowest BCUT2D eigenvalue weighted by Crippen LogP contribution is -2.38. The summed E-state index contributed by atoms with van der Waals surface area (Å²) in [5.74, 6) is -5.46. The molecule has 0 unspecified atom stereocenters. The van der Waals surface area contributed by atoms with E-state index in [1.54, 1.807) is 0 Å². The third kappa shape index (κ3) is 1.13. The first-order chi connectivity index (χ1) is 5.94. The van der Waals surface area contributed by atoms with Crippen LogP contribution in [0.4, 0.5) is 8.78 Å². The molecule has 2 fully saturated rings. The lowest BCUT2D eigenvalue weighted by molar-refractivity contribution is -0.152. The Morgan fingerprint density at radius 2 is 2.15 bits per heavy atom. The zero-order chi connectivity index (χ0) is 9.80. The van der Waals surface area contributed by atoms with E-state index in [-0.39, 0.29) is 0 Å². The van der Waals surface area contributed by atoms with Crippen LogP contribution in [0.3, 0.4) is 0 Å². The highest BCUT2D eigenvalue weighted by atomic mass is 19.3. The van der Waals surface area contributed by atoms with Gasteiger partial charge in [-0.05, 0) is 0 Å². The molecule has 13 heavy (non-hydrogen) atoms. The Balaban J connectivity index is 2.11. The number of epoxide rings is 1. The molecule has 0 amide bonds. The number of carboxylic acids is 1. The molecule has 4 atom stereocenters. The second kappa shape index (κ2) is 2.39. The van der Waals surface area contributed by atoms with Gasteiger partial charge in [-0.3, -0.25) is 4.79 Å². The van der Waals surface area contributed by atoms with Crippen LogP contribution >= 0.6 is 0 Å². The number of ether oxygens (including phenoxy) is 1. The third-order valence-electron chi connectivity index (χ3n) is 2.54. The summed E-state index contributed by atoms with van der Waals surface area (Å²) in [5.41, 5.74) is 0. The maximum Gasteiger partial charge on any atom is 0.303 e. The number of rotatable bonds is 2. The van der Waals surface area contributed by atoms with Crippen molar-refractivity contribution in [3.8, 4) is 0 Å². The van der Waals surface area contributed by atoms with Gasteiger partial charge in [0.15, 0.2) is 6.10 Å². The van der Waals surface area contributed by atoms with E-state index in [1.807, 2.05) is 0 Å². The normalized spacial score (nSPS) is 45.8. The third-order valence-corrected chi connectivity index (χ3v) is 2.54. The predicted molar refractivity (Wildman–Crippen MR) is 35.4 cm³/mol. The molecule has 1 aliphatic heterocycles. The summed E-state index contributed by atoms with van der Waals surface area (Å²) in [6.07, 6.45) is -4.40. The summed E-state index contributed by atoms with van der Waals surface area (Å²) >= 11 is 0. The highest BCUT2D eigenvalue weighted by molar-refractivity contribution is 5.67. The van der Waals surface area contributed by atoms with E-state index >= 15 is 0 Å². The number of carbonyl (C=O) groups is 1. The standard InChI is InChI=1S/C7H8F2O4/c8-7(9)5(12)2(1-3(10)11)4-6(7)13-4/h2,4-6,12H,1H2,(H,10,11)/t2-,4+,5-,6+/m1/s1. The molecule has 6 heteroatoms. The van der Waals surface area contributed by atoms with Gasteiger partial charge in [0, 0.05) is 5.92 Å². The maximum absolute atomic E-state index is 12.9. The van der Waals surface area contributed by atoms with Crippen molar-refractivity contribution >= 4 is 5.97 Å². The average molecular weight is 194 g/mol. The van der Waals surface area contributed by atoms with Gasteiger partial charge in [-0.2, -0.15) is 0 Å². The van der Waals surface area contributed by atoms with Gasteiger partial charge in [0.05, 0.1) is 12.5 Å². The van der Waals surface area contributed by atoms with Gasteiger partial charge in [0.1, 0.15) is 6.10 Å². The summed E-state index contributed by atoms with van der Waals surface area (Å²) in [4.78, 5) is 10.3. The van der Waals surface area contributed by atoms with Gasteiger partial charge in [-0.1, -0.05) is 0 Å². The number of alkyl halides is 2. The van der Waals surface area contributed by atoms with E-state index in [0.29, 0.717) is 0 Å². The maximum atomic E-state index is 12.9. The molecule has 2 rings (SSSR count). The Hall–Kier alpha value is -0.750.